The van der Waals surface area contributed by atoms with E-state index < -0.39 is 0 Å². The van der Waals surface area contributed by atoms with Gasteiger partial charge >= 0.3 is 6.85 Å². The number of aromatic nitrogens is 1. The molecule has 0 amide bonds. The molecule has 0 saturated heterocycles. The molecule has 3 aliphatic rings. The quantitative estimate of drug-likeness (QED) is 0.183. The van der Waals surface area contributed by atoms with Crippen LogP contribution >= 0.6 is 0 Å². The zero-order chi connectivity index (χ0) is 28.9. The van der Waals surface area contributed by atoms with Gasteiger partial charge in [0.15, 0.2) is 0 Å². The van der Waals surface area contributed by atoms with Gasteiger partial charge in [0.05, 0.1) is 11.0 Å². The van der Waals surface area contributed by atoms with Crippen molar-refractivity contribution in [3.63, 3.8) is 0 Å². The molecule has 0 fully saturated rings. The van der Waals surface area contributed by atoms with Gasteiger partial charge in [-0.1, -0.05) is 117 Å². The van der Waals surface area contributed by atoms with Gasteiger partial charge < -0.3 is 9.38 Å². The zero-order valence-electron chi connectivity index (χ0n) is 24.6. The molecule has 4 heterocycles. The molecule has 1 aromatic heterocycles. The molecular weight excluding hydrogens is 531 g/mol. The first-order valence-electron chi connectivity index (χ1n) is 15.7. The third-order valence-corrected chi connectivity index (χ3v) is 10.8. The van der Waals surface area contributed by atoms with Crippen molar-refractivity contribution < 1.29 is 0 Å². The first-order chi connectivity index (χ1) is 21.6. The Bertz CT molecular complexity index is 2590. The highest BCUT2D eigenvalue weighted by atomic mass is 15.1. The number of anilines is 2. The van der Waals surface area contributed by atoms with Gasteiger partial charge in [-0.3, -0.25) is 0 Å². The predicted molar refractivity (Wildman–Crippen MR) is 187 cm³/mol. The molecule has 3 heteroatoms. The smallest absolute Gasteiger partial charge is 0.333 e. The standard InChI is InChI=1S/C41H27BN2/c1-41(2)31-20-12-21-32-39(31)43-38-30(23-24-13-6-7-16-26(24)36(38)41)35-28-18-9-8-17-27(28)34-29-19-10-11-22-33(29)44(25-14-4-3-5-15-25)42(32)37(34)40(35)43/h3-23H,1-2H3. The highest BCUT2D eigenvalue weighted by molar-refractivity contribution is 6.94. The number of benzene rings is 7. The summed E-state index contributed by atoms with van der Waals surface area (Å²) in [5.41, 5.74) is 14.8. The molecule has 0 spiro atoms. The van der Waals surface area contributed by atoms with E-state index in [1.54, 1.807) is 0 Å². The van der Waals surface area contributed by atoms with Crippen LogP contribution in [-0.4, -0.2) is 11.4 Å². The fourth-order valence-electron chi connectivity index (χ4n) is 9.24. The molecule has 0 unspecified atom stereocenters. The molecule has 0 saturated carbocycles. The number of para-hydroxylation sites is 3. The molecule has 2 nitrogen and oxygen atoms in total. The van der Waals surface area contributed by atoms with Crippen molar-refractivity contribution in [2.75, 3.05) is 4.81 Å². The number of hydrogen-bond donors (Lipinski definition) is 0. The first-order valence-corrected chi connectivity index (χ1v) is 15.7. The molecule has 204 valence electrons. The van der Waals surface area contributed by atoms with Gasteiger partial charge in [0.2, 0.25) is 0 Å². The van der Waals surface area contributed by atoms with Gasteiger partial charge in [0.1, 0.15) is 0 Å². The van der Waals surface area contributed by atoms with E-state index in [0.717, 1.165) is 0 Å². The summed E-state index contributed by atoms with van der Waals surface area (Å²) in [5, 5.41) is 8.11. The topological polar surface area (TPSA) is 8.17 Å². The minimum absolute atomic E-state index is 0.0490. The van der Waals surface area contributed by atoms with E-state index in [1.807, 2.05) is 0 Å². The van der Waals surface area contributed by atoms with Gasteiger partial charge in [-0.05, 0) is 73.4 Å². The van der Waals surface area contributed by atoms with Crippen LogP contribution in [0, 0.1) is 0 Å². The SMILES string of the molecule is CC1(C)c2cccc3c2-n2c4c1c1ccccc1cc4c1c4ccccc4c4c(c12)B3N(c1ccccc1)c1ccccc1-4. The second-order valence-corrected chi connectivity index (χ2v) is 13.3. The van der Waals surface area contributed by atoms with Crippen LogP contribution < -0.4 is 15.7 Å². The van der Waals surface area contributed by atoms with E-state index in [9.17, 15) is 0 Å². The lowest BCUT2D eigenvalue weighted by molar-refractivity contribution is 0.637. The zero-order valence-corrected chi connectivity index (χ0v) is 24.6. The van der Waals surface area contributed by atoms with Crippen molar-refractivity contribution in [2.45, 2.75) is 19.3 Å². The first kappa shape index (κ1) is 23.2. The van der Waals surface area contributed by atoms with Crippen LogP contribution in [-0.2, 0) is 5.41 Å². The Labute approximate surface area is 255 Å². The second-order valence-electron chi connectivity index (χ2n) is 13.3. The summed E-state index contributed by atoms with van der Waals surface area (Å²) in [6.07, 6.45) is 0. The van der Waals surface area contributed by atoms with Crippen molar-refractivity contribution >= 4 is 72.5 Å². The van der Waals surface area contributed by atoms with E-state index in [4.69, 9.17) is 0 Å². The van der Waals surface area contributed by atoms with Gasteiger partial charge in [-0.25, -0.2) is 0 Å². The molecular formula is C41H27BN2. The van der Waals surface area contributed by atoms with Crippen LogP contribution in [0.3, 0.4) is 0 Å². The highest BCUT2D eigenvalue weighted by Crippen LogP contribution is 2.54. The molecule has 44 heavy (non-hydrogen) atoms. The Morgan fingerprint density at radius 2 is 1.34 bits per heavy atom. The van der Waals surface area contributed by atoms with E-state index in [1.165, 1.54) is 93.6 Å². The lowest BCUT2D eigenvalue weighted by atomic mass is 9.43. The number of rotatable bonds is 1. The molecule has 3 aliphatic heterocycles. The van der Waals surface area contributed by atoms with Crippen LogP contribution in [0.4, 0.5) is 11.4 Å². The van der Waals surface area contributed by atoms with Gasteiger partial charge in [-0.15, -0.1) is 0 Å². The van der Waals surface area contributed by atoms with Crippen molar-refractivity contribution in [1.29, 1.82) is 0 Å². The summed E-state index contributed by atoms with van der Waals surface area (Å²) in [4.78, 5) is 2.61. The van der Waals surface area contributed by atoms with E-state index in [-0.39, 0.29) is 12.3 Å². The van der Waals surface area contributed by atoms with Crippen molar-refractivity contribution in [3.8, 4) is 16.8 Å². The second kappa shape index (κ2) is 7.62. The molecule has 7 aromatic carbocycles. The third kappa shape index (κ3) is 2.47. The van der Waals surface area contributed by atoms with Crippen molar-refractivity contribution in [2.24, 2.45) is 0 Å². The maximum atomic E-state index is 2.68. The van der Waals surface area contributed by atoms with Crippen molar-refractivity contribution in [3.05, 3.63) is 139 Å². The van der Waals surface area contributed by atoms with Crippen molar-refractivity contribution in [1.82, 2.24) is 4.57 Å². The maximum Gasteiger partial charge on any atom is 0.333 e. The van der Waals surface area contributed by atoms with Crippen LogP contribution in [0.25, 0.3) is 60.2 Å². The molecule has 0 bridgehead atoms. The van der Waals surface area contributed by atoms with Crippen LogP contribution in [0.5, 0.6) is 0 Å². The Morgan fingerprint density at radius 1 is 0.614 bits per heavy atom. The van der Waals surface area contributed by atoms with E-state index in [2.05, 4.69) is 151 Å². The largest absolute Gasteiger partial charge is 0.376 e. The summed E-state index contributed by atoms with van der Waals surface area (Å²) in [7, 11) is 0. The molecule has 0 atom stereocenters. The fraction of sp³-hybridized carbons (Fsp3) is 0.0732. The molecule has 8 aromatic rings. The van der Waals surface area contributed by atoms with Crippen LogP contribution in [0.15, 0.2) is 127 Å². The monoisotopic (exact) mass is 558 g/mol. The summed E-state index contributed by atoms with van der Waals surface area (Å²) in [6.45, 7) is 4.93. The average Bonchev–Trinajstić information content (AvgIpc) is 3.41. The normalized spacial score (nSPS) is 15.1. The summed E-state index contributed by atoms with van der Waals surface area (Å²) in [5.74, 6) is 0. The minimum Gasteiger partial charge on any atom is -0.376 e. The molecule has 0 N–H and O–H groups in total. The number of hydrogen-bond acceptors (Lipinski definition) is 1. The minimum atomic E-state index is -0.172. The third-order valence-electron chi connectivity index (χ3n) is 10.8. The Hall–Kier alpha value is -5.28. The fourth-order valence-corrected chi connectivity index (χ4v) is 9.24. The van der Waals surface area contributed by atoms with Crippen LogP contribution in [0.2, 0.25) is 0 Å². The number of nitrogens with zero attached hydrogens (tertiary/aromatic N) is 2. The molecule has 0 radical (unpaired) electrons. The summed E-state index contributed by atoms with van der Waals surface area (Å²) in [6, 6.07) is 47.8. The van der Waals surface area contributed by atoms with Gasteiger partial charge in [0.25, 0.3) is 0 Å². The Balaban J connectivity index is 1.49. The summed E-state index contributed by atoms with van der Waals surface area (Å²) < 4.78 is 2.68. The lowest BCUT2D eigenvalue weighted by Gasteiger charge is -2.45. The molecule has 0 aliphatic carbocycles. The van der Waals surface area contributed by atoms with Gasteiger partial charge in [-0.2, -0.15) is 0 Å². The lowest BCUT2D eigenvalue weighted by Crippen LogP contribution is -2.61. The van der Waals surface area contributed by atoms with E-state index in [0.29, 0.717) is 0 Å². The van der Waals surface area contributed by atoms with Gasteiger partial charge in [0, 0.05) is 38.8 Å². The Kier molecular flexibility index (Phi) is 4.02. The summed E-state index contributed by atoms with van der Waals surface area (Å²) >= 11 is 0. The average molecular weight is 558 g/mol. The Morgan fingerprint density at radius 3 is 2.20 bits per heavy atom. The van der Waals surface area contributed by atoms with E-state index >= 15 is 0 Å². The van der Waals surface area contributed by atoms with Crippen LogP contribution in [0.1, 0.15) is 25.0 Å². The molecule has 11 rings (SSSR count). The maximum absolute atomic E-state index is 2.68. The predicted octanol–water partition coefficient (Wildman–Crippen LogP) is 8.97. The number of fused-ring (bicyclic) bond motifs is 9. The highest BCUT2D eigenvalue weighted by Gasteiger charge is 2.48.